The third-order valence-electron chi connectivity index (χ3n) is 3.49. The first-order valence-electron chi connectivity index (χ1n) is 6.15. The highest BCUT2D eigenvalue weighted by molar-refractivity contribution is 5.85. The lowest BCUT2D eigenvalue weighted by Crippen LogP contribution is -2.39. The van der Waals surface area contributed by atoms with E-state index in [-0.39, 0.29) is 23.7 Å². The lowest BCUT2D eigenvalue weighted by atomic mass is 9.89. The van der Waals surface area contributed by atoms with E-state index in [4.69, 9.17) is 0 Å². The Morgan fingerprint density at radius 3 is 2.61 bits per heavy atom. The first kappa shape index (κ1) is 15.0. The molecular formula is C14H21ClN2O. The predicted molar refractivity (Wildman–Crippen MR) is 75.9 cm³/mol. The number of carbonyl (C=O) groups excluding carboxylic acids is 1. The maximum absolute atomic E-state index is 12.1. The molecule has 0 bridgehead atoms. The number of rotatable bonds is 3. The van der Waals surface area contributed by atoms with Crippen LogP contribution >= 0.6 is 12.4 Å². The number of benzene rings is 1. The minimum Gasteiger partial charge on any atom is -0.352 e. The second-order valence-corrected chi connectivity index (χ2v) is 5.16. The van der Waals surface area contributed by atoms with Crippen LogP contribution in [0, 0.1) is 12.3 Å². The molecule has 1 aliphatic rings. The zero-order chi connectivity index (χ0) is 12.3. The molecule has 0 aliphatic carbocycles. The van der Waals surface area contributed by atoms with Gasteiger partial charge in [-0.25, -0.2) is 0 Å². The van der Waals surface area contributed by atoms with E-state index < -0.39 is 0 Å². The SMILES string of the molecule is Cc1ccc(CNC(=O)C2(C)CCNC2)cc1.Cl. The molecule has 0 spiro atoms. The van der Waals surface area contributed by atoms with Gasteiger partial charge in [-0.2, -0.15) is 0 Å². The number of amides is 1. The number of nitrogens with one attached hydrogen (secondary N) is 2. The van der Waals surface area contributed by atoms with Crippen molar-refractivity contribution < 1.29 is 4.79 Å². The molecular weight excluding hydrogens is 248 g/mol. The molecule has 2 rings (SSSR count). The Bertz CT molecular complexity index is 397. The van der Waals surface area contributed by atoms with Crippen LogP contribution in [0.25, 0.3) is 0 Å². The monoisotopic (exact) mass is 268 g/mol. The predicted octanol–water partition coefficient (Wildman–Crippen LogP) is 2.03. The van der Waals surface area contributed by atoms with Crippen LogP contribution in [0.3, 0.4) is 0 Å². The smallest absolute Gasteiger partial charge is 0.227 e. The van der Waals surface area contributed by atoms with Crippen LogP contribution in [0.4, 0.5) is 0 Å². The fraction of sp³-hybridized carbons (Fsp3) is 0.500. The zero-order valence-electron chi connectivity index (χ0n) is 11.0. The molecule has 1 unspecified atom stereocenters. The van der Waals surface area contributed by atoms with Crippen LogP contribution in [-0.4, -0.2) is 19.0 Å². The Labute approximate surface area is 115 Å². The molecule has 1 atom stereocenters. The van der Waals surface area contributed by atoms with Crippen molar-refractivity contribution in [1.82, 2.24) is 10.6 Å². The van der Waals surface area contributed by atoms with E-state index in [9.17, 15) is 4.79 Å². The van der Waals surface area contributed by atoms with Gasteiger partial charge in [0.25, 0.3) is 0 Å². The van der Waals surface area contributed by atoms with E-state index in [1.165, 1.54) is 5.56 Å². The maximum atomic E-state index is 12.1. The molecule has 1 aliphatic heterocycles. The van der Waals surface area contributed by atoms with Crippen molar-refractivity contribution in [3.05, 3.63) is 35.4 Å². The Hall–Kier alpha value is -1.06. The highest BCUT2D eigenvalue weighted by Gasteiger charge is 2.35. The summed E-state index contributed by atoms with van der Waals surface area (Å²) >= 11 is 0. The normalized spacial score (nSPS) is 22.3. The largest absolute Gasteiger partial charge is 0.352 e. The molecule has 1 fully saturated rings. The molecule has 1 aromatic carbocycles. The summed E-state index contributed by atoms with van der Waals surface area (Å²) < 4.78 is 0. The van der Waals surface area contributed by atoms with E-state index in [2.05, 4.69) is 41.8 Å². The van der Waals surface area contributed by atoms with Gasteiger partial charge in [0.2, 0.25) is 5.91 Å². The van der Waals surface area contributed by atoms with Crippen molar-refractivity contribution in [1.29, 1.82) is 0 Å². The summed E-state index contributed by atoms with van der Waals surface area (Å²) in [6, 6.07) is 8.26. The third-order valence-corrected chi connectivity index (χ3v) is 3.49. The minimum atomic E-state index is -0.231. The van der Waals surface area contributed by atoms with Gasteiger partial charge in [-0.15, -0.1) is 12.4 Å². The number of hydrogen-bond donors (Lipinski definition) is 2. The molecule has 1 heterocycles. The van der Waals surface area contributed by atoms with Crippen LogP contribution in [0.2, 0.25) is 0 Å². The van der Waals surface area contributed by atoms with Crippen molar-refractivity contribution in [3.63, 3.8) is 0 Å². The molecule has 100 valence electrons. The van der Waals surface area contributed by atoms with Gasteiger partial charge in [-0.1, -0.05) is 29.8 Å². The molecule has 1 saturated heterocycles. The summed E-state index contributed by atoms with van der Waals surface area (Å²) in [6.45, 7) is 6.43. The van der Waals surface area contributed by atoms with Crippen molar-refractivity contribution in [2.45, 2.75) is 26.8 Å². The summed E-state index contributed by atoms with van der Waals surface area (Å²) in [5.41, 5.74) is 2.16. The molecule has 1 amide bonds. The van der Waals surface area contributed by atoms with Crippen LogP contribution in [0.1, 0.15) is 24.5 Å². The van der Waals surface area contributed by atoms with Gasteiger partial charge >= 0.3 is 0 Å². The zero-order valence-corrected chi connectivity index (χ0v) is 11.8. The summed E-state index contributed by atoms with van der Waals surface area (Å²) in [6.07, 6.45) is 0.923. The fourth-order valence-electron chi connectivity index (χ4n) is 2.11. The van der Waals surface area contributed by atoms with Crippen LogP contribution in [0.15, 0.2) is 24.3 Å². The van der Waals surface area contributed by atoms with Crippen LogP contribution in [-0.2, 0) is 11.3 Å². The number of halogens is 1. The second-order valence-electron chi connectivity index (χ2n) is 5.16. The van der Waals surface area contributed by atoms with Gasteiger partial charge in [-0.05, 0) is 32.4 Å². The first-order chi connectivity index (χ1) is 8.10. The highest BCUT2D eigenvalue weighted by atomic mass is 35.5. The first-order valence-corrected chi connectivity index (χ1v) is 6.15. The van der Waals surface area contributed by atoms with E-state index in [0.717, 1.165) is 25.1 Å². The molecule has 1 aromatic rings. The number of aryl methyl sites for hydroxylation is 1. The lowest BCUT2D eigenvalue weighted by molar-refractivity contribution is -0.129. The minimum absolute atomic E-state index is 0. The van der Waals surface area contributed by atoms with Gasteiger partial charge < -0.3 is 10.6 Å². The topological polar surface area (TPSA) is 41.1 Å². The van der Waals surface area contributed by atoms with Crippen molar-refractivity contribution in [3.8, 4) is 0 Å². The highest BCUT2D eigenvalue weighted by Crippen LogP contribution is 2.24. The number of hydrogen-bond acceptors (Lipinski definition) is 2. The van der Waals surface area contributed by atoms with E-state index >= 15 is 0 Å². The Morgan fingerprint density at radius 1 is 1.39 bits per heavy atom. The number of carbonyl (C=O) groups is 1. The van der Waals surface area contributed by atoms with Gasteiger partial charge in [0.05, 0.1) is 5.41 Å². The summed E-state index contributed by atoms with van der Waals surface area (Å²) in [5, 5.41) is 6.26. The summed E-state index contributed by atoms with van der Waals surface area (Å²) in [7, 11) is 0. The molecule has 2 N–H and O–H groups in total. The van der Waals surface area contributed by atoms with Gasteiger partial charge in [0.15, 0.2) is 0 Å². The summed E-state index contributed by atoms with van der Waals surface area (Å²) in [4.78, 5) is 12.1. The average Bonchev–Trinajstić information content (AvgIpc) is 2.76. The molecule has 4 heteroatoms. The van der Waals surface area contributed by atoms with Gasteiger partial charge in [0, 0.05) is 13.1 Å². The van der Waals surface area contributed by atoms with Crippen LogP contribution in [0.5, 0.6) is 0 Å². The quantitative estimate of drug-likeness (QED) is 0.881. The Balaban J connectivity index is 0.00000162. The second kappa shape index (κ2) is 6.21. The van der Waals surface area contributed by atoms with Crippen molar-refractivity contribution >= 4 is 18.3 Å². The van der Waals surface area contributed by atoms with Crippen LogP contribution < -0.4 is 10.6 Å². The maximum Gasteiger partial charge on any atom is 0.227 e. The van der Waals surface area contributed by atoms with E-state index in [0.29, 0.717) is 6.54 Å². The molecule has 0 aromatic heterocycles. The van der Waals surface area contributed by atoms with Crippen molar-refractivity contribution in [2.75, 3.05) is 13.1 Å². The van der Waals surface area contributed by atoms with Gasteiger partial charge in [0.1, 0.15) is 0 Å². The van der Waals surface area contributed by atoms with Crippen molar-refractivity contribution in [2.24, 2.45) is 5.41 Å². The summed E-state index contributed by atoms with van der Waals surface area (Å²) in [5.74, 6) is 0.156. The fourth-order valence-corrected chi connectivity index (χ4v) is 2.11. The standard InChI is InChI=1S/C14H20N2O.ClH/c1-11-3-5-12(6-4-11)9-16-13(17)14(2)7-8-15-10-14;/h3-6,15H,7-10H2,1-2H3,(H,16,17);1H. The molecule has 0 saturated carbocycles. The molecule has 0 radical (unpaired) electrons. The third kappa shape index (κ3) is 3.47. The molecule has 3 nitrogen and oxygen atoms in total. The van der Waals surface area contributed by atoms with E-state index in [1.54, 1.807) is 0 Å². The molecule has 18 heavy (non-hydrogen) atoms. The Kier molecular flexibility index (Phi) is 5.17. The van der Waals surface area contributed by atoms with E-state index in [1.807, 2.05) is 6.92 Å². The Morgan fingerprint density at radius 2 is 2.06 bits per heavy atom. The average molecular weight is 269 g/mol. The van der Waals surface area contributed by atoms with Gasteiger partial charge in [-0.3, -0.25) is 4.79 Å². The lowest BCUT2D eigenvalue weighted by Gasteiger charge is -2.21.